The lowest BCUT2D eigenvalue weighted by atomic mass is 9.93. The van der Waals surface area contributed by atoms with E-state index in [1.165, 1.54) is 0 Å². The molecule has 0 radical (unpaired) electrons. The molecule has 6 rings (SSSR count). The van der Waals surface area contributed by atoms with Gasteiger partial charge in [-0.2, -0.15) is 5.10 Å². The molecular weight excluding hydrogens is 404 g/mol. The van der Waals surface area contributed by atoms with Crippen LogP contribution in [0.4, 0.5) is 0 Å². The van der Waals surface area contributed by atoms with Gasteiger partial charge in [-0.1, -0.05) is 24.3 Å². The molecule has 0 unspecified atom stereocenters. The molecule has 1 aromatic carbocycles. The zero-order valence-corrected chi connectivity index (χ0v) is 18.1. The predicted octanol–water partition coefficient (Wildman–Crippen LogP) is 3.18. The van der Waals surface area contributed by atoms with Crippen molar-refractivity contribution in [1.82, 2.24) is 29.6 Å². The first-order valence-electron chi connectivity index (χ1n) is 11.3. The van der Waals surface area contributed by atoms with Gasteiger partial charge in [-0.3, -0.25) is 14.7 Å². The van der Waals surface area contributed by atoms with Crippen molar-refractivity contribution in [3.63, 3.8) is 0 Å². The lowest BCUT2D eigenvalue weighted by Crippen LogP contribution is -2.47. The van der Waals surface area contributed by atoms with Gasteiger partial charge in [0.2, 0.25) is 0 Å². The van der Waals surface area contributed by atoms with Crippen LogP contribution in [0.25, 0.3) is 21.9 Å². The maximum absolute atomic E-state index is 12.7. The summed E-state index contributed by atoms with van der Waals surface area (Å²) in [5.41, 5.74) is 2.72. The van der Waals surface area contributed by atoms with E-state index in [2.05, 4.69) is 46.2 Å². The smallest absolute Gasteiger partial charge is 0.262 e. The zero-order chi connectivity index (χ0) is 21.7. The number of para-hydroxylation sites is 1. The van der Waals surface area contributed by atoms with Gasteiger partial charge in [-0.25, -0.2) is 9.67 Å². The number of fused-ring (bicyclic) bond motifs is 2. The summed E-state index contributed by atoms with van der Waals surface area (Å²) >= 11 is 0. The molecule has 2 saturated heterocycles. The predicted molar refractivity (Wildman–Crippen MR) is 122 cm³/mol. The van der Waals surface area contributed by atoms with E-state index >= 15 is 0 Å². The van der Waals surface area contributed by atoms with Crippen molar-refractivity contribution in [3.8, 4) is 0 Å². The molecule has 1 atom stereocenters. The maximum atomic E-state index is 12.7. The second-order valence-electron chi connectivity index (χ2n) is 8.88. The minimum absolute atomic E-state index is 0.0156. The first kappa shape index (κ1) is 19.6. The van der Waals surface area contributed by atoms with Crippen LogP contribution >= 0.6 is 0 Å². The van der Waals surface area contributed by atoms with E-state index in [1.807, 2.05) is 16.8 Å². The van der Waals surface area contributed by atoms with E-state index in [1.54, 1.807) is 6.20 Å². The van der Waals surface area contributed by atoms with E-state index in [4.69, 9.17) is 14.7 Å². The number of pyridine rings is 1. The average molecular weight is 431 g/mol. The molecule has 0 bridgehead atoms. The Balaban J connectivity index is 1.23. The number of hydrogen-bond acceptors (Lipinski definition) is 6. The van der Waals surface area contributed by atoms with E-state index in [0.717, 1.165) is 55.7 Å². The van der Waals surface area contributed by atoms with Gasteiger partial charge in [-0.15, -0.1) is 0 Å². The molecular formula is C24H26N6O2. The Bertz CT molecular complexity index is 1330. The number of rotatable bonds is 4. The van der Waals surface area contributed by atoms with Gasteiger partial charge >= 0.3 is 0 Å². The Hall–Kier alpha value is -3.10. The van der Waals surface area contributed by atoms with Crippen LogP contribution in [0.5, 0.6) is 0 Å². The monoisotopic (exact) mass is 430 g/mol. The van der Waals surface area contributed by atoms with Crippen LogP contribution in [0.3, 0.4) is 0 Å². The van der Waals surface area contributed by atoms with Crippen molar-refractivity contribution in [1.29, 1.82) is 0 Å². The molecule has 0 spiro atoms. The number of aromatic nitrogens is 5. The Morgan fingerprint density at radius 2 is 1.91 bits per heavy atom. The highest BCUT2D eigenvalue weighted by Gasteiger charge is 2.34. The first-order chi connectivity index (χ1) is 15.7. The summed E-state index contributed by atoms with van der Waals surface area (Å²) in [5.74, 6) is 1.09. The highest BCUT2D eigenvalue weighted by atomic mass is 16.5. The van der Waals surface area contributed by atoms with E-state index in [-0.39, 0.29) is 17.6 Å². The van der Waals surface area contributed by atoms with Crippen molar-refractivity contribution in [2.45, 2.75) is 37.8 Å². The maximum Gasteiger partial charge on any atom is 0.262 e. The Kier molecular flexibility index (Phi) is 4.77. The van der Waals surface area contributed by atoms with Crippen molar-refractivity contribution >= 4 is 21.9 Å². The van der Waals surface area contributed by atoms with Crippen molar-refractivity contribution in [2.75, 3.05) is 26.3 Å². The summed E-state index contributed by atoms with van der Waals surface area (Å²) in [5, 5.41) is 6.21. The highest BCUT2D eigenvalue weighted by Crippen LogP contribution is 2.33. The molecule has 2 aliphatic heterocycles. The van der Waals surface area contributed by atoms with Crippen LogP contribution in [0, 0.1) is 0 Å². The van der Waals surface area contributed by atoms with Gasteiger partial charge in [0.05, 0.1) is 23.8 Å². The third-order valence-corrected chi connectivity index (χ3v) is 6.91. The molecule has 32 heavy (non-hydrogen) atoms. The fraction of sp³-hybridized carbons (Fsp3) is 0.417. The van der Waals surface area contributed by atoms with Gasteiger partial charge in [0.15, 0.2) is 5.65 Å². The van der Waals surface area contributed by atoms with Crippen molar-refractivity contribution in [3.05, 3.63) is 64.5 Å². The molecule has 8 nitrogen and oxygen atoms in total. The first-order valence-corrected chi connectivity index (χ1v) is 11.3. The second-order valence-corrected chi connectivity index (χ2v) is 8.88. The normalized spacial score (nSPS) is 19.4. The number of benzene rings is 1. The minimum atomic E-state index is -0.122. The van der Waals surface area contributed by atoms with E-state index in [9.17, 15) is 4.79 Å². The van der Waals surface area contributed by atoms with Crippen molar-refractivity contribution in [2.24, 2.45) is 0 Å². The number of nitrogens with one attached hydrogen (secondary N) is 1. The van der Waals surface area contributed by atoms with Crippen LogP contribution in [0.15, 0.2) is 47.4 Å². The number of H-pyrrole nitrogens is 1. The number of likely N-dealkylation sites (tertiary alicyclic amines) is 1. The highest BCUT2D eigenvalue weighted by molar-refractivity contribution is 5.78. The van der Waals surface area contributed by atoms with Crippen molar-refractivity contribution < 1.29 is 4.74 Å². The van der Waals surface area contributed by atoms with Gasteiger partial charge in [0, 0.05) is 43.3 Å². The number of nitrogens with zero attached hydrogens (tertiary/aromatic N) is 5. The zero-order valence-electron chi connectivity index (χ0n) is 18.1. The number of ether oxygens (including phenoxy) is 1. The molecule has 2 fully saturated rings. The lowest BCUT2D eigenvalue weighted by Gasteiger charge is -2.42. The molecule has 0 amide bonds. The SMILES string of the molecule is C[C@H](c1nc2c(cnn2C2CCOCC2)c(=O)[nH]1)N1CC(c2ccc3ccccc3n2)C1. The average Bonchev–Trinajstić information content (AvgIpc) is 3.23. The Morgan fingerprint density at radius 3 is 2.75 bits per heavy atom. The summed E-state index contributed by atoms with van der Waals surface area (Å²) in [6.45, 7) is 5.33. The summed E-state index contributed by atoms with van der Waals surface area (Å²) in [6.07, 6.45) is 3.42. The van der Waals surface area contributed by atoms with Gasteiger partial charge in [0.25, 0.3) is 5.56 Å². The summed E-state index contributed by atoms with van der Waals surface area (Å²) in [7, 11) is 0. The largest absolute Gasteiger partial charge is 0.381 e. The summed E-state index contributed by atoms with van der Waals surface area (Å²) in [4.78, 5) is 27.8. The number of hydrogen-bond donors (Lipinski definition) is 1. The third kappa shape index (κ3) is 3.30. The summed E-state index contributed by atoms with van der Waals surface area (Å²) in [6, 6.07) is 12.7. The van der Waals surface area contributed by atoms with E-state index < -0.39 is 0 Å². The quantitative estimate of drug-likeness (QED) is 0.535. The molecule has 1 N–H and O–H groups in total. The molecule has 2 aliphatic rings. The topological polar surface area (TPSA) is 88.9 Å². The lowest BCUT2D eigenvalue weighted by molar-refractivity contribution is 0.0672. The van der Waals surface area contributed by atoms with Gasteiger partial charge in [0.1, 0.15) is 11.2 Å². The van der Waals surface area contributed by atoms with Crippen LogP contribution < -0.4 is 5.56 Å². The van der Waals surface area contributed by atoms with Gasteiger partial charge in [-0.05, 0) is 31.9 Å². The van der Waals surface area contributed by atoms with E-state index in [0.29, 0.717) is 22.8 Å². The fourth-order valence-corrected chi connectivity index (χ4v) is 4.85. The molecule has 3 aromatic heterocycles. The molecule has 164 valence electrons. The van der Waals surface area contributed by atoms with Crippen LogP contribution in [-0.4, -0.2) is 55.9 Å². The number of aromatic amines is 1. The molecule has 8 heteroatoms. The second kappa shape index (κ2) is 7.79. The van der Waals surface area contributed by atoms with Crippen LogP contribution in [0.2, 0.25) is 0 Å². The van der Waals surface area contributed by atoms with Crippen LogP contribution in [-0.2, 0) is 4.74 Å². The summed E-state index contributed by atoms with van der Waals surface area (Å²) < 4.78 is 7.40. The molecule has 0 saturated carbocycles. The standard InChI is InChI=1S/C24H26N6O2/c1-15(29-13-17(14-29)21-7-6-16-4-2-3-5-20(16)26-21)22-27-23-19(24(31)28-22)12-25-30(23)18-8-10-32-11-9-18/h2-7,12,15,17-18H,8-11,13-14H2,1H3,(H,27,28,31)/t15-/m1/s1. The Morgan fingerprint density at radius 1 is 1.09 bits per heavy atom. The molecule has 0 aliphatic carbocycles. The molecule has 5 heterocycles. The van der Waals surface area contributed by atoms with Gasteiger partial charge < -0.3 is 9.72 Å². The molecule has 4 aromatic rings. The third-order valence-electron chi connectivity index (χ3n) is 6.91. The minimum Gasteiger partial charge on any atom is -0.381 e. The van der Waals surface area contributed by atoms with Crippen LogP contribution in [0.1, 0.15) is 49.3 Å². The fourth-order valence-electron chi connectivity index (χ4n) is 4.85. The Labute approximate surface area is 185 Å².